The first kappa shape index (κ1) is 24.2. The Labute approximate surface area is 214 Å². The van der Waals surface area contributed by atoms with E-state index in [4.69, 9.17) is 9.57 Å². The van der Waals surface area contributed by atoms with E-state index in [0.29, 0.717) is 22.7 Å². The zero-order valence-corrected chi connectivity index (χ0v) is 20.7. The minimum atomic E-state index is -1.06. The van der Waals surface area contributed by atoms with Gasteiger partial charge in [0.2, 0.25) is 5.72 Å². The highest BCUT2D eigenvalue weighted by molar-refractivity contribution is 5.97. The lowest BCUT2D eigenvalue weighted by atomic mass is 10.0. The Hall–Kier alpha value is -4.46. The van der Waals surface area contributed by atoms with Gasteiger partial charge < -0.3 is 19.0 Å². The van der Waals surface area contributed by atoms with Gasteiger partial charge in [-0.3, -0.25) is 0 Å². The highest BCUT2D eigenvalue weighted by Gasteiger charge is 2.43. The van der Waals surface area contributed by atoms with Gasteiger partial charge >= 0.3 is 0 Å². The van der Waals surface area contributed by atoms with E-state index in [1.54, 1.807) is 43.8 Å². The summed E-state index contributed by atoms with van der Waals surface area (Å²) in [6, 6.07) is 18.4. The van der Waals surface area contributed by atoms with Gasteiger partial charge in [0.05, 0.1) is 31.4 Å². The first-order valence-corrected chi connectivity index (χ1v) is 11.8. The third-order valence-corrected chi connectivity index (χ3v) is 6.39. The molecule has 1 aliphatic heterocycles. The Morgan fingerprint density at radius 2 is 1.81 bits per heavy atom. The van der Waals surface area contributed by atoms with Gasteiger partial charge in [-0.05, 0) is 48.9 Å². The second-order valence-electron chi connectivity index (χ2n) is 8.90. The molecule has 0 fully saturated rings. The fraction of sp³-hybridized carbons (Fsp3) is 0.172. The highest BCUT2D eigenvalue weighted by Crippen LogP contribution is 2.37. The average molecular weight is 501 g/mol. The van der Waals surface area contributed by atoms with Crippen molar-refractivity contribution in [2.24, 2.45) is 5.16 Å². The number of aromatic nitrogens is 2. The average Bonchev–Trinajstić information content (AvgIpc) is 3.48. The molecule has 5 rings (SSSR count). The second kappa shape index (κ2) is 9.89. The Kier molecular flexibility index (Phi) is 6.48. The number of oxime groups is 1. The third kappa shape index (κ3) is 4.82. The lowest BCUT2D eigenvalue weighted by Crippen LogP contribution is -2.43. The lowest BCUT2D eigenvalue weighted by Gasteiger charge is -2.34. The van der Waals surface area contributed by atoms with Crippen molar-refractivity contribution >= 4 is 11.9 Å². The van der Waals surface area contributed by atoms with Crippen molar-refractivity contribution in [3.05, 3.63) is 119 Å². The summed E-state index contributed by atoms with van der Waals surface area (Å²) >= 11 is 0. The summed E-state index contributed by atoms with van der Waals surface area (Å²) in [5, 5.41) is 4.32. The van der Waals surface area contributed by atoms with Crippen LogP contribution < -0.4 is 4.74 Å². The van der Waals surface area contributed by atoms with E-state index < -0.39 is 5.72 Å². The van der Waals surface area contributed by atoms with Crippen LogP contribution in [0.1, 0.15) is 29.3 Å². The minimum Gasteiger partial charge on any atom is -0.495 e. The first-order valence-electron chi connectivity index (χ1n) is 11.8. The highest BCUT2D eigenvalue weighted by atomic mass is 19.1. The maximum atomic E-state index is 14.6. The van der Waals surface area contributed by atoms with Crippen LogP contribution in [-0.2, 0) is 17.1 Å². The van der Waals surface area contributed by atoms with E-state index in [2.05, 4.69) is 10.1 Å². The zero-order valence-electron chi connectivity index (χ0n) is 20.7. The number of rotatable bonds is 7. The molecule has 6 nitrogen and oxygen atoms in total. The minimum absolute atomic E-state index is 0.200. The molecule has 1 atom stereocenters. The summed E-state index contributed by atoms with van der Waals surface area (Å²) in [5.41, 5.74) is 2.77. The molecule has 2 heterocycles. The van der Waals surface area contributed by atoms with Gasteiger partial charge in [0.25, 0.3) is 0 Å². The van der Waals surface area contributed by atoms with E-state index in [-0.39, 0.29) is 18.2 Å². The quantitative estimate of drug-likeness (QED) is 0.303. The number of halogens is 2. The van der Waals surface area contributed by atoms with Crippen LogP contribution in [0.15, 0.2) is 90.5 Å². The monoisotopic (exact) mass is 500 g/mol. The molecule has 188 valence electrons. The largest absolute Gasteiger partial charge is 0.495 e. The van der Waals surface area contributed by atoms with E-state index in [9.17, 15) is 8.78 Å². The lowest BCUT2D eigenvalue weighted by molar-refractivity contribution is -0.0937. The van der Waals surface area contributed by atoms with E-state index >= 15 is 0 Å². The maximum absolute atomic E-state index is 14.6. The van der Waals surface area contributed by atoms with Crippen molar-refractivity contribution in [2.45, 2.75) is 26.1 Å². The fourth-order valence-corrected chi connectivity index (χ4v) is 4.30. The van der Waals surface area contributed by atoms with Gasteiger partial charge in [0.1, 0.15) is 17.4 Å². The van der Waals surface area contributed by atoms with Crippen LogP contribution in [-0.4, -0.2) is 27.4 Å². The van der Waals surface area contributed by atoms with Gasteiger partial charge in [0.15, 0.2) is 5.84 Å². The molecule has 0 N–H and O–H groups in total. The van der Waals surface area contributed by atoms with Crippen molar-refractivity contribution < 1.29 is 18.4 Å². The number of methoxy groups -OCH3 is 1. The van der Waals surface area contributed by atoms with Gasteiger partial charge in [-0.15, -0.1) is 0 Å². The predicted molar refractivity (Wildman–Crippen MR) is 138 cm³/mol. The topological polar surface area (TPSA) is 51.9 Å². The number of benzene rings is 3. The van der Waals surface area contributed by atoms with E-state index in [1.807, 2.05) is 59.9 Å². The summed E-state index contributed by atoms with van der Waals surface area (Å²) in [5.74, 6) is 0.511. The summed E-state index contributed by atoms with van der Waals surface area (Å²) in [7, 11) is 1.62. The van der Waals surface area contributed by atoms with Gasteiger partial charge in [-0.1, -0.05) is 47.6 Å². The maximum Gasteiger partial charge on any atom is 0.234 e. The van der Waals surface area contributed by atoms with Gasteiger partial charge in [-0.25, -0.2) is 13.8 Å². The molecule has 1 aromatic heterocycles. The molecule has 0 radical (unpaired) electrons. The predicted octanol–water partition coefficient (Wildman–Crippen LogP) is 6.20. The van der Waals surface area contributed by atoms with E-state index in [0.717, 1.165) is 16.9 Å². The molecule has 0 saturated heterocycles. The molecule has 1 unspecified atom stereocenters. The molecular formula is C29H26F2N4O2. The van der Waals surface area contributed by atoms with Crippen molar-refractivity contribution in [3.8, 4) is 11.4 Å². The second-order valence-corrected chi connectivity index (χ2v) is 8.90. The molecule has 0 amide bonds. The van der Waals surface area contributed by atoms with Gasteiger partial charge in [0, 0.05) is 24.2 Å². The number of imidazole rings is 1. The Morgan fingerprint density at radius 3 is 2.51 bits per heavy atom. The Morgan fingerprint density at radius 1 is 1.03 bits per heavy atom. The van der Waals surface area contributed by atoms with Crippen molar-refractivity contribution in [1.29, 1.82) is 0 Å². The molecule has 8 heteroatoms. The SMILES string of the molecule is COc1cc(C=CC2=NOC(C)(c3ccc(F)cc3)N2Cc2ccccc2F)ccc1-n1cnc(C)c1. The van der Waals surface area contributed by atoms with Gasteiger partial charge in [-0.2, -0.15) is 0 Å². The number of nitrogens with zero attached hydrogens (tertiary/aromatic N) is 4. The van der Waals surface area contributed by atoms with Crippen LogP contribution in [0.4, 0.5) is 8.78 Å². The summed E-state index contributed by atoms with van der Waals surface area (Å²) < 4.78 is 35.7. The fourth-order valence-electron chi connectivity index (χ4n) is 4.30. The summed E-state index contributed by atoms with van der Waals surface area (Å²) in [6.45, 7) is 3.96. The Balaban J connectivity index is 1.47. The zero-order chi connectivity index (χ0) is 26.0. The number of hydrogen-bond acceptors (Lipinski definition) is 5. The molecule has 3 aromatic carbocycles. The van der Waals surface area contributed by atoms with Crippen LogP contribution in [0.25, 0.3) is 11.8 Å². The van der Waals surface area contributed by atoms with Crippen molar-refractivity contribution in [2.75, 3.05) is 7.11 Å². The third-order valence-electron chi connectivity index (χ3n) is 6.39. The first-order chi connectivity index (χ1) is 17.9. The normalized spacial score (nSPS) is 17.2. The van der Waals surface area contributed by atoms with Crippen LogP contribution in [0, 0.1) is 18.6 Å². The smallest absolute Gasteiger partial charge is 0.234 e. The molecule has 37 heavy (non-hydrogen) atoms. The molecule has 1 aliphatic rings. The number of amidine groups is 1. The molecular weight excluding hydrogens is 474 g/mol. The number of ether oxygens (including phenoxy) is 1. The summed E-state index contributed by atoms with van der Waals surface area (Å²) in [4.78, 5) is 12.0. The molecule has 0 spiro atoms. The number of aryl methyl sites for hydroxylation is 1. The standard InChI is InChI=1S/C29H26F2N4O2/c1-20-17-34(19-32-20)26-14-8-21(16-27(26)36-3)9-15-28-33-37-29(2,23-10-12-24(30)13-11-23)35(28)18-22-6-4-5-7-25(22)31/h4-17,19H,18H2,1-3H3. The van der Waals surface area contributed by atoms with Crippen LogP contribution >= 0.6 is 0 Å². The number of hydrogen-bond donors (Lipinski definition) is 0. The van der Waals surface area contributed by atoms with Crippen LogP contribution in [0.2, 0.25) is 0 Å². The summed E-state index contributed by atoms with van der Waals surface area (Å²) in [6.07, 6.45) is 7.36. The van der Waals surface area contributed by atoms with E-state index in [1.165, 1.54) is 18.2 Å². The molecule has 0 aliphatic carbocycles. The van der Waals surface area contributed by atoms with Crippen molar-refractivity contribution in [3.63, 3.8) is 0 Å². The molecule has 0 saturated carbocycles. The Bertz CT molecular complexity index is 1480. The van der Waals surface area contributed by atoms with Crippen LogP contribution in [0.3, 0.4) is 0 Å². The molecule has 4 aromatic rings. The van der Waals surface area contributed by atoms with Crippen molar-refractivity contribution in [1.82, 2.24) is 14.5 Å². The van der Waals surface area contributed by atoms with Crippen LogP contribution in [0.5, 0.6) is 5.75 Å². The molecule has 0 bridgehead atoms.